The van der Waals surface area contributed by atoms with E-state index in [1.165, 1.54) is 11.3 Å². The van der Waals surface area contributed by atoms with Gasteiger partial charge >= 0.3 is 0 Å². The molecule has 6 nitrogen and oxygen atoms in total. The number of nitrogens with zero attached hydrogens (tertiary/aromatic N) is 4. The van der Waals surface area contributed by atoms with E-state index in [0.29, 0.717) is 18.8 Å². The molecule has 0 saturated heterocycles. The molecule has 0 fully saturated rings. The summed E-state index contributed by atoms with van der Waals surface area (Å²) in [4.78, 5) is 16.6. The monoisotopic (exact) mass is 293 g/mol. The fourth-order valence-corrected chi connectivity index (χ4v) is 2.65. The summed E-state index contributed by atoms with van der Waals surface area (Å²) < 4.78 is 1.58. The Morgan fingerprint density at radius 1 is 1.45 bits per heavy atom. The highest BCUT2D eigenvalue weighted by Gasteiger charge is 2.19. The first-order valence-electron chi connectivity index (χ1n) is 6.48. The predicted molar refractivity (Wildman–Crippen MR) is 77.9 cm³/mol. The van der Waals surface area contributed by atoms with Crippen molar-refractivity contribution in [2.75, 3.05) is 6.54 Å². The maximum Gasteiger partial charge on any atom is 0.191 e. The van der Waals surface area contributed by atoms with Gasteiger partial charge in [-0.05, 0) is 0 Å². The van der Waals surface area contributed by atoms with Gasteiger partial charge in [-0.1, -0.05) is 26.0 Å². The molecule has 7 heteroatoms. The molecule has 2 aromatic rings. The molecule has 0 aliphatic carbocycles. The maximum atomic E-state index is 12.1. The number of nitrogens with two attached hydrogens (primary N) is 1. The second-order valence-electron chi connectivity index (χ2n) is 5.63. The van der Waals surface area contributed by atoms with Crippen LogP contribution in [0.4, 0.5) is 0 Å². The molecular weight excluding hydrogens is 274 g/mol. The highest BCUT2D eigenvalue weighted by atomic mass is 32.1. The first kappa shape index (κ1) is 14.8. The van der Waals surface area contributed by atoms with E-state index in [1.54, 1.807) is 10.9 Å². The highest BCUT2D eigenvalue weighted by molar-refractivity contribution is 7.09. The zero-order valence-corrected chi connectivity index (χ0v) is 12.8. The van der Waals surface area contributed by atoms with Gasteiger partial charge in [0.05, 0.1) is 24.9 Å². The van der Waals surface area contributed by atoms with Gasteiger partial charge in [0.1, 0.15) is 10.7 Å². The lowest BCUT2D eigenvalue weighted by Gasteiger charge is -2.14. The molecule has 20 heavy (non-hydrogen) atoms. The minimum atomic E-state index is -0.0666. The van der Waals surface area contributed by atoms with E-state index >= 15 is 0 Å². The number of hydrogen-bond donors (Lipinski definition) is 1. The van der Waals surface area contributed by atoms with Gasteiger partial charge in [0.15, 0.2) is 5.78 Å². The lowest BCUT2D eigenvalue weighted by Crippen LogP contribution is -2.12. The van der Waals surface area contributed by atoms with Crippen LogP contribution in [0.3, 0.4) is 0 Å². The van der Waals surface area contributed by atoms with Gasteiger partial charge in [-0.25, -0.2) is 4.98 Å². The van der Waals surface area contributed by atoms with E-state index in [9.17, 15) is 4.79 Å². The number of hydrogen-bond acceptors (Lipinski definition) is 6. The smallest absolute Gasteiger partial charge is 0.191 e. The summed E-state index contributed by atoms with van der Waals surface area (Å²) in [7, 11) is 0. The third-order valence-electron chi connectivity index (χ3n) is 2.81. The van der Waals surface area contributed by atoms with Crippen LogP contribution in [0.15, 0.2) is 11.6 Å². The number of carbonyl (C=O) groups excluding carboxylic acids is 1. The van der Waals surface area contributed by atoms with Crippen molar-refractivity contribution in [2.45, 2.75) is 39.2 Å². The SMILES string of the molecule is CC(C)(C)c1csc(CC(=O)c2cn(CCN)nn2)n1. The Balaban J connectivity index is 2.05. The van der Waals surface area contributed by atoms with Crippen LogP contribution in [0, 0.1) is 0 Å². The van der Waals surface area contributed by atoms with Crippen LogP contribution in [0.2, 0.25) is 0 Å². The van der Waals surface area contributed by atoms with E-state index < -0.39 is 0 Å². The summed E-state index contributed by atoms with van der Waals surface area (Å²) in [6.45, 7) is 7.34. The topological polar surface area (TPSA) is 86.7 Å². The Labute approximate surface area is 122 Å². The lowest BCUT2D eigenvalue weighted by atomic mass is 9.93. The molecule has 0 aromatic carbocycles. The number of Topliss-reactive ketones (excluding diaryl/α,β-unsaturated/α-hetero) is 1. The molecule has 0 radical (unpaired) electrons. The summed E-state index contributed by atoms with van der Waals surface area (Å²) in [6.07, 6.45) is 1.90. The summed E-state index contributed by atoms with van der Waals surface area (Å²) in [5.74, 6) is -0.0666. The molecule has 0 aliphatic heterocycles. The van der Waals surface area contributed by atoms with Crippen molar-refractivity contribution >= 4 is 17.1 Å². The number of carbonyl (C=O) groups is 1. The fraction of sp³-hybridized carbons (Fsp3) is 0.538. The van der Waals surface area contributed by atoms with Gasteiger partial charge in [-0.2, -0.15) is 0 Å². The maximum absolute atomic E-state index is 12.1. The molecule has 108 valence electrons. The summed E-state index contributed by atoms with van der Waals surface area (Å²) in [5.41, 5.74) is 6.81. The van der Waals surface area contributed by atoms with Crippen molar-refractivity contribution in [2.24, 2.45) is 5.73 Å². The molecule has 0 spiro atoms. The van der Waals surface area contributed by atoms with Crippen molar-refractivity contribution in [3.63, 3.8) is 0 Å². The van der Waals surface area contributed by atoms with Crippen LogP contribution in [0.5, 0.6) is 0 Å². The van der Waals surface area contributed by atoms with Gasteiger partial charge in [0, 0.05) is 17.3 Å². The number of thiazole rings is 1. The Morgan fingerprint density at radius 2 is 2.20 bits per heavy atom. The molecule has 0 unspecified atom stereocenters. The van der Waals surface area contributed by atoms with Gasteiger partial charge in [-0.15, -0.1) is 16.4 Å². The second kappa shape index (κ2) is 5.80. The molecular formula is C13H19N5OS. The molecule has 0 bridgehead atoms. The van der Waals surface area contributed by atoms with Gasteiger partial charge in [0.25, 0.3) is 0 Å². The predicted octanol–water partition coefficient (Wildman–Crippen LogP) is 1.42. The summed E-state index contributed by atoms with van der Waals surface area (Å²) in [6, 6.07) is 0. The Hall–Kier alpha value is -1.60. The van der Waals surface area contributed by atoms with E-state index in [0.717, 1.165) is 10.7 Å². The Bertz CT molecular complexity index is 596. The molecule has 0 aliphatic rings. The average Bonchev–Trinajstić information content (AvgIpc) is 2.97. The normalized spacial score (nSPS) is 11.8. The number of aromatic nitrogens is 4. The number of ketones is 1. The first-order valence-corrected chi connectivity index (χ1v) is 7.36. The fourth-order valence-electron chi connectivity index (χ4n) is 1.63. The van der Waals surface area contributed by atoms with Crippen LogP contribution >= 0.6 is 11.3 Å². The van der Waals surface area contributed by atoms with E-state index in [4.69, 9.17) is 5.73 Å². The molecule has 2 heterocycles. The van der Waals surface area contributed by atoms with Gasteiger partial charge in [-0.3, -0.25) is 9.48 Å². The average molecular weight is 293 g/mol. The molecule has 0 saturated carbocycles. The van der Waals surface area contributed by atoms with E-state index in [-0.39, 0.29) is 17.6 Å². The van der Waals surface area contributed by atoms with Crippen molar-refractivity contribution in [3.05, 3.63) is 28.0 Å². The highest BCUT2D eigenvalue weighted by Crippen LogP contribution is 2.24. The molecule has 2 N–H and O–H groups in total. The van der Waals surface area contributed by atoms with Gasteiger partial charge < -0.3 is 5.73 Å². The Morgan fingerprint density at radius 3 is 2.80 bits per heavy atom. The minimum absolute atomic E-state index is 0.00204. The van der Waals surface area contributed by atoms with Crippen molar-refractivity contribution in [3.8, 4) is 0 Å². The van der Waals surface area contributed by atoms with Crippen molar-refractivity contribution in [1.82, 2.24) is 20.0 Å². The molecule has 2 rings (SSSR count). The van der Waals surface area contributed by atoms with Crippen molar-refractivity contribution < 1.29 is 4.79 Å². The van der Waals surface area contributed by atoms with Gasteiger partial charge in [0.2, 0.25) is 0 Å². The van der Waals surface area contributed by atoms with Crippen LogP contribution < -0.4 is 5.73 Å². The van der Waals surface area contributed by atoms with Crippen LogP contribution in [0.1, 0.15) is 42.0 Å². The second-order valence-corrected chi connectivity index (χ2v) is 6.57. The Kier molecular flexibility index (Phi) is 4.29. The quantitative estimate of drug-likeness (QED) is 0.842. The molecule has 0 atom stereocenters. The molecule has 2 aromatic heterocycles. The third kappa shape index (κ3) is 3.49. The minimum Gasteiger partial charge on any atom is -0.329 e. The standard InChI is InChI=1S/C13H19N5OS/c1-13(2,3)11-8-20-12(15-11)6-10(19)9-7-18(5-4-14)17-16-9/h7-8H,4-6,14H2,1-3H3. The van der Waals surface area contributed by atoms with E-state index in [1.807, 2.05) is 5.38 Å². The summed E-state index contributed by atoms with van der Waals surface area (Å²) >= 11 is 1.51. The molecule has 0 amide bonds. The number of rotatable bonds is 5. The first-order chi connectivity index (χ1) is 9.40. The van der Waals surface area contributed by atoms with Crippen LogP contribution in [0.25, 0.3) is 0 Å². The largest absolute Gasteiger partial charge is 0.329 e. The summed E-state index contributed by atoms with van der Waals surface area (Å²) in [5, 5.41) is 10.6. The van der Waals surface area contributed by atoms with E-state index in [2.05, 4.69) is 36.1 Å². The van der Waals surface area contributed by atoms with Crippen LogP contribution in [-0.4, -0.2) is 32.3 Å². The lowest BCUT2D eigenvalue weighted by molar-refractivity contribution is 0.0988. The van der Waals surface area contributed by atoms with Crippen LogP contribution in [-0.2, 0) is 18.4 Å². The zero-order valence-electron chi connectivity index (χ0n) is 12.0. The van der Waals surface area contributed by atoms with Crippen molar-refractivity contribution in [1.29, 1.82) is 0 Å². The zero-order chi connectivity index (χ0) is 14.8. The third-order valence-corrected chi connectivity index (χ3v) is 3.66.